The summed E-state index contributed by atoms with van der Waals surface area (Å²) in [5.74, 6) is 0. The maximum atomic E-state index is 5.79. The van der Waals surface area contributed by atoms with Gasteiger partial charge in [-0.1, -0.05) is 15.9 Å². The minimum Gasteiger partial charge on any atom is -0.323 e. The van der Waals surface area contributed by atoms with Crippen molar-refractivity contribution >= 4 is 15.9 Å². The van der Waals surface area contributed by atoms with Crippen LogP contribution < -0.4 is 5.73 Å². The molecule has 0 saturated heterocycles. The lowest BCUT2D eigenvalue weighted by atomic mass is 10.1. The largest absolute Gasteiger partial charge is 0.323 e. The molecule has 0 aliphatic carbocycles. The predicted molar refractivity (Wildman–Crippen MR) is 47.9 cm³/mol. The lowest BCUT2D eigenvalue weighted by molar-refractivity contribution is -0.122. The maximum Gasteiger partial charge on any atom is 0.0638 e. The van der Waals surface area contributed by atoms with Crippen molar-refractivity contribution in [3.05, 3.63) is 10.7 Å². The van der Waals surface area contributed by atoms with E-state index in [1.54, 1.807) is 12.2 Å². The van der Waals surface area contributed by atoms with E-state index in [1.165, 1.54) is 0 Å². The quantitative estimate of drug-likeness (QED) is 0.723. The molecule has 1 heterocycles. The van der Waals surface area contributed by atoms with Crippen molar-refractivity contribution in [3.63, 3.8) is 0 Å². The molecule has 1 aliphatic rings. The highest BCUT2D eigenvalue weighted by molar-refractivity contribution is 9.11. The summed E-state index contributed by atoms with van der Waals surface area (Å²) in [5, 5.41) is 1.80. The second kappa shape index (κ2) is 3.56. The van der Waals surface area contributed by atoms with Gasteiger partial charge in [-0.05, 0) is 13.3 Å². The van der Waals surface area contributed by atoms with Gasteiger partial charge in [0.05, 0.1) is 13.2 Å². The fourth-order valence-corrected chi connectivity index (χ4v) is 1.55. The Morgan fingerprint density at radius 3 is 3.00 bits per heavy atom. The summed E-state index contributed by atoms with van der Waals surface area (Å²) < 4.78 is 0.998. The molecule has 64 valence electrons. The number of hydrogen-bond donors (Lipinski definition) is 1. The first kappa shape index (κ1) is 9.03. The molecule has 1 aliphatic heterocycles. The first-order valence-electron chi connectivity index (χ1n) is 3.60. The monoisotopic (exact) mass is 220 g/mol. The van der Waals surface area contributed by atoms with E-state index in [4.69, 9.17) is 10.6 Å². The lowest BCUT2D eigenvalue weighted by Gasteiger charge is -2.32. The fourth-order valence-electron chi connectivity index (χ4n) is 1.16. The van der Waals surface area contributed by atoms with Gasteiger partial charge >= 0.3 is 0 Å². The van der Waals surface area contributed by atoms with E-state index in [0.717, 1.165) is 10.9 Å². The van der Waals surface area contributed by atoms with Gasteiger partial charge in [0.1, 0.15) is 0 Å². The van der Waals surface area contributed by atoms with Crippen LogP contribution in [0.5, 0.6) is 0 Å². The lowest BCUT2D eigenvalue weighted by Crippen LogP contribution is -2.39. The van der Waals surface area contributed by atoms with E-state index >= 15 is 0 Å². The van der Waals surface area contributed by atoms with Crippen LogP contribution in [0.2, 0.25) is 0 Å². The molecule has 3 nitrogen and oxygen atoms in total. The van der Waals surface area contributed by atoms with Gasteiger partial charge in [-0.25, -0.2) is 0 Å². The summed E-state index contributed by atoms with van der Waals surface area (Å²) in [5.41, 5.74) is 5.79. The molecule has 0 saturated carbocycles. The number of nitrogens with zero attached hydrogens (tertiary/aromatic N) is 1. The molecular weight excluding hydrogens is 208 g/mol. The molecule has 2 N–H and O–H groups in total. The van der Waals surface area contributed by atoms with Gasteiger partial charge in [-0.2, -0.15) is 0 Å². The maximum absolute atomic E-state index is 5.79. The number of hydrogen-bond acceptors (Lipinski definition) is 3. The highest BCUT2D eigenvalue weighted by Gasteiger charge is 2.22. The Bertz CT molecular complexity index is 172. The Hall–Kier alpha value is -0.0600. The van der Waals surface area contributed by atoms with E-state index in [1.807, 2.05) is 6.20 Å². The summed E-state index contributed by atoms with van der Waals surface area (Å²) >= 11 is 3.38. The summed E-state index contributed by atoms with van der Waals surface area (Å²) in [7, 11) is 1.66. The second-order valence-corrected chi connectivity index (χ2v) is 3.66. The highest BCUT2D eigenvalue weighted by Crippen LogP contribution is 2.23. The van der Waals surface area contributed by atoms with Crippen LogP contribution in [0.25, 0.3) is 0 Å². The smallest absolute Gasteiger partial charge is 0.0638 e. The Morgan fingerprint density at radius 2 is 2.45 bits per heavy atom. The molecule has 2 unspecified atom stereocenters. The third-order valence-electron chi connectivity index (χ3n) is 1.85. The van der Waals surface area contributed by atoms with Crippen LogP contribution in [-0.2, 0) is 4.84 Å². The van der Waals surface area contributed by atoms with Gasteiger partial charge in [-0.3, -0.25) is 9.90 Å². The first-order chi connectivity index (χ1) is 5.15. The van der Waals surface area contributed by atoms with Crippen LogP contribution in [0.4, 0.5) is 0 Å². The Morgan fingerprint density at radius 1 is 1.82 bits per heavy atom. The van der Waals surface area contributed by atoms with Gasteiger partial charge in [-0.15, -0.1) is 0 Å². The minimum atomic E-state index is 0.122. The molecule has 4 heteroatoms. The van der Waals surface area contributed by atoms with Crippen molar-refractivity contribution < 1.29 is 4.84 Å². The average Bonchev–Trinajstić information content (AvgIpc) is 1.97. The van der Waals surface area contributed by atoms with Crippen LogP contribution in [0.3, 0.4) is 0 Å². The summed E-state index contributed by atoms with van der Waals surface area (Å²) in [6, 6.07) is 0.479. The van der Waals surface area contributed by atoms with E-state index < -0.39 is 0 Å². The first-order valence-corrected chi connectivity index (χ1v) is 4.39. The van der Waals surface area contributed by atoms with Crippen LogP contribution in [0, 0.1) is 0 Å². The molecule has 0 radical (unpaired) electrons. The summed E-state index contributed by atoms with van der Waals surface area (Å²) in [6.45, 7) is 2.08. The zero-order valence-electron chi connectivity index (χ0n) is 6.75. The molecule has 1 rings (SSSR count). The number of nitrogens with two attached hydrogens (primary N) is 1. The van der Waals surface area contributed by atoms with E-state index in [-0.39, 0.29) is 6.04 Å². The highest BCUT2D eigenvalue weighted by atomic mass is 79.9. The molecule has 0 fully saturated rings. The third-order valence-corrected chi connectivity index (χ3v) is 2.64. The van der Waals surface area contributed by atoms with Crippen LogP contribution >= 0.6 is 15.9 Å². The Balaban J connectivity index is 2.69. The van der Waals surface area contributed by atoms with Crippen molar-refractivity contribution in [1.29, 1.82) is 0 Å². The predicted octanol–water partition coefficient (Wildman–Crippen LogP) is 1.21. The molecule has 0 spiro atoms. The SMILES string of the molecule is CON1C=C(Br)C(N)CC1C. The summed E-state index contributed by atoms with van der Waals surface area (Å²) in [4.78, 5) is 5.09. The molecule has 2 atom stereocenters. The zero-order valence-corrected chi connectivity index (χ0v) is 8.34. The molecular formula is C7H13BrN2O. The van der Waals surface area contributed by atoms with Gasteiger partial charge in [0.2, 0.25) is 0 Å². The fraction of sp³-hybridized carbons (Fsp3) is 0.714. The third kappa shape index (κ3) is 1.95. The molecule has 0 aromatic rings. The molecule has 11 heavy (non-hydrogen) atoms. The molecule has 0 amide bonds. The standard InChI is InChI=1S/C7H13BrN2O/c1-5-3-7(9)6(8)4-10(5)11-2/h4-5,7H,3,9H2,1-2H3. The topological polar surface area (TPSA) is 38.5 Å². The Labute approximate surface area is 75.3 Å². The minimum absolute atomic E-state index is 0.122. The summed E-state index contributed by atoms with van der Waals surface area (Å²) in [6.07, 6.45) is 2.81. The van der Waals surface area contributed by atoms with Crippen LogP contribution in [0.1, 0.15) is 13.3 Å². The average molecular weight is 221 g/mol. The van der Waals surface area contributed by atoms with Crippen LogP contribution in [-0.4, -0.2) is 24.3 Å². The second-order valence-electron chi connectivity index (χ2n) is 2.75. The molecule has 0 aromatic heterocycles. The van der Waals surface area contributed by atoms with Gasteiger partial charge < -0.3 is 5.73 Å². The Kier molecular flexibility index (Phi) is 2.92. The number of rotatable bonds is 1. The van der Waals surface area contributed by atoms with E-state index in [0.29, 0.717) is 6.04 Å². The molecule has 0 aromatic carbocycles. The molecule has 0 bridgehead atoms. The van der Waals surface area contributed by atoms with E-state index in [2.05, 4.69) is 22.9 Å². The van der Waals surface area contributed by atoms with Crippen LogP contribution in [0.15, 0.2) is 10.7 Å². The number of hydroxylamine groups is 2. The van der Waals surface area contributed by atoms with Crippen molar-refractivity contribution in [3.8, 4) is 0 Å². The van der Waals surface area contributed by atoms with E-state index in [9.17, 15) is 0 Å². The van der Waals surface area contributed by atoms with Crippen molar-refractivity contribution in [2.45, 2.75) is 25.4 Å². The van der Waals surface area contributed by atoms with Gasteiger partial charge in [0, 0.05) is 16.7 Å². The number of halogens is 1. The zero-order chi connectivity index (χ0) is 8.43. The van der Waals surface area contributed by atoms with Gasteiger partial charge in [0.15, 0.2) is 0 Å². The van der Waals surface area contributed by atoms with Crippen molar-refractivity contribution in [2.24, 2.45) is 5.73 Å². The van der Waals surface area contributed by atoms with Crippen molar-refractivity contribution in [1.82, 2.24) is 5.06 Å². The normalized spacial score (nSPS) is 32.0. The van der Waals surface area contributed by atoms with Gasteiger partial charge in [0.25, 0.3) is 0 Å². The van der Waals surface area contributed by atoms with Crippen molar-refractivity contribution in [2.75, 3.05) is 7.11 Å².